The topological polar surface area (TPSA) is 41.5 Å². The normalized spacial score (nSPS) is 10.5. The van der Waals surface area contributed by atoms with Crippen molar-refractivity contribution >= 4 is 0 Å². The van der Waals surface area contributed by atoms with Gasteiger partial charge in [0.05, 0.1) is 7.11 Å². The summed E-state index contributed by atoms with van der Waals surface area (Å²) in [6.07, 6.45) is 0.939. The molecule has 0 atom stereocenters. The number of nitrogens with one attached hydrogen (secondary N) is 1. The van der Waals surface area contributed by atoms with Crippen molar-refractivity contribution in [2.24, 2.45) is 0 Å². The minimum Gasteiger partial charge on any atom is -0.508 e. The van der Waals surface area contributed by atoms with E-state index in [0.29, 0.717) is 5.75 Å². The number of ether oxygens (including phenoxy) is 1. The minimum atomic E-state index is 0.311. The smallest absolute Gasteiger partial charge is 0.123 e. The highest BCUT2D eigenvalue weighted by molar-refractivity contribution is 5.36. The molecule has 3 nitrogen and oxygen atoms in total. The zero-order valence-electron chi connectivity index (χ0n) is 12.0. The van der Waals surface area contributed by atoms with Crippen LogP contribution in [0.15, 0.2) is 42.5 Å². The number of rotatable bonds is 6. The van der Waals surface area contributed by atoms with Crippen LogP contribution in [-0.4, -0.2) is 18.8 Å². The molecular weight excluding hydrogens is 250 g/mol. The molecule has 0 aromatic heterocycles. The summed E-state index contributed by atoms with van der Waals surface area (Å²) in [5.74, 6) is 1.24. The van der Waals surface area contributed by atoms with E-state index in [2.05, 4.69) is 24.4 Å². The molecule has 0 aliphatic heterocycles. The second-order valence-electron chi connectivity index (χ2n) is 4.91. The van der Waals surface area contributed by atoms with Gasteiger partial charge in [0, 0.05) is 12.1 Å². The number of methoxy groups -OCH3 is 1. The van der Waals surface area contributed by atoms with Gasteiger partial charge in [0.1, 0.15) is 11.5 Å². The van der Waals surface area contributed by atoms with Gasteiger partial charge in [0.2, 0.25) is 0 Å². The summed E-state index contributed by atoms with van der Waals surface area (Å²) in [4.78, 5) is 0. The van der Waals surface area contributed by atoms with E-state index >= 15 is 0 Å². The molecule has 0 spiro atoms. The van der Waals surface area contributed by atoms with Gasteiger partial charge in [0.15, 0.2) is 0 Å². The molecule has 0 amide bonds. The number of phenols is 1. The SMILES string of the molecule is COc1ccc(C)cc1CNCCc1ccc(O)cc1. The number of phenolic OH excluding ortho intramolecular Hbond substituents is 1. The van der Waals surface area contributed by atoms with E-state index in [1.54, 1.807) is 19.2 Å². The fourth-order valence-corrected chi connectivity index (χ4v) is 2.16. The van der Waals surface area contributed by atoms with E-state index in [-0.39, 0.29) is 0 Å². The molecule has 2 aromatic rings. The maximum atomic E-state index is 9.23. The van der Waals surface area contributed by atoms with Crippen LogP contribution in [0.4, 0.5) is 0 Å². The van der Waals surface area contributed by atoms with Crippen LogP contribution in [0.1, 0.15) is 16.7 Å². The standard InChI is InChI=1S/C17H21NO2/c1-13-3-8-17(20-2)15(11-13)12-18-10-9-14-4-6-16(19)7-5-14/h3-8,11,18-19H,9-10,12H2,1-2H3. The van der Waals surface area contributed by atoms with E-state index in [1.165, 1.54) is 16.7 Å². The third-order valence-corrected chi connectivity index (χ3v) is 3.28. The Kier molecular flexibility index (Phi) is 5.02. The molecule has 0 fully saturated rings. The molecule has 0 radical (unpaired) electrons. The van der Waals surface area contributed by atoms with Gasteiger partial charge in [-0.05, 0) is 43.7 Å². The quantitative estimate of drug-likeness (QED) is 0.793. The van der Waals surface area contributed by atoms with E-state index in [4.69, 9.17) is 4.74 Å². The molecule has 2 N–H and O–H groups in total. The Hall–Kier alpha value is -2.00. The zero-order valence-corrected chi connectivity index (χ0v) is 12.0. The van der Waals surface area contributed by atoms with Crippen molar-refractivity contribution in [1.29, 1.82) is 0 Å². The molecule has 2 rings (SSSR count). The number of aryl methyl sites for hydroxylation is 1. The second kappa shape index (κ2) is 6.96. The second-order valence-corrected chi connectivity index (χ2v) is 4.91. The van der Waals surface area contributed by atoms with Gasteiger partial charge in [-0.15, -0.1) is 0 Å². The van der Waals surface area contributed by atoms with Crippen molar-refractivity contribution in [2.45, 2.75) is 19.9 Å². The molecule has 2 aromatic carbocycles. The molecule has 0 aliphatic carbocycles. The summed E-state index contributed by atoms with van der Waals surface area (Å²) < 4.78 is 5.36. The number of hydrogen-bond donors (Lipinski definition) is 2. The number of aromatic hydroxyl groups is 1. The van der Waals surface area contributed by atoms with Crippen LogP contribution in [0.3, 0.4) is 0 Å². The molecule has 3 heteroatoms. The Balaban J connectivity index is 1.84. The lowest BCUT2D eigenvalue weighted by molar-refractivity contribution is 0.407. The van der Waals surface area contributed by atoms with Crippen LogP contribution in [0.25, 0.3) is 0 Å². The third-order valence-electron chi connectivity index (χ3n) is 3.28. The molecule has 0 aliphatic rings. The highest BCUT2D eigenvalue weighted by Gasteiger charge is 2.02. The van der Waals surface area contributed by atoms with Gasteiger partial charge in [-0.25, -0.2) is 0 Å². The van der Waals surface area contributed by atoms with Crippen LogP contribution in [0.2, 0.25) is 0 Å². The molecule has 20 heavy (non-hydrogen) atoms. The first-order valence-corrected chi connectivity index (χ1v) is 6.81. The Bertz CT molecular complexity index is 549. The largest absolute Gasteiger partial charge is 0.508 e. The number of hydrogen-bond acceptors (Lipinski definition) is 3. The lowest BCUT2D eigenvalue weighted by Crippen LogP contribution is -2.17. The van der Waals surface area contributed by atoms with E-state index in [0.717, 1.165) is 25.3 Å². The van der Waals surface area contributed by atoms with Crippen molar-refractivity contribution < 1.29 is 9.84 Å². The van der Waals surface area contributed by atoms with Crippen molar-refractivity contribution in [1.82, 2.24) is 5.32 Å². The predicted octanol–water partition coefficient (Wildman–Crippen LogP) is 3.04. The van der Waals surface area contributed by atoms with Crippen molar-refractivity contribution in [3.8, 4) is 11.5 Å². The maximum absolute atomic E-state index is 9.23. The summed E-state index contributed by atoms with van der Waals surface area (Å²) in [5.41, 5.74) is 3.63. The lowest BCUT2D eigenvalue weighted by atomic mass is 10.1. The summed E-state index contributed by atoms with van der Waals surface area (Å²) >= 11 is 0. The van der Waals surface area contributed by atoms with Crippen LogP contribution >= 0.6 is 0 Å². The van der Waals surface area contributed by atoms with Crippen LogP contribution in [-0.2, 0) is 13.0 Å². The fourth-order valence-electron chi connectivity index (χ4n) is 2.16. The summed E-state index contributed by atoms with van der Waals surface area (Å²) in [6.45, 7) is 3.77. The van der Waals surface area contributed by atoms with E-state index < -0.39 is 0 Å². The third kappa shape index (κ3) is 4.00. The molecule has 0 saturated carbocycles. The van der Waals surface area contributed by atoms with Crippen LogP contribution in [0.5, 0.6) is 11.5 Å². The fraction of sp³-hybridized carbons (Fsp3) is 0.294. The van der Waals surface area contributed by atoms with Gasteiger partial charge in [-0.2, -0.15) is 0 Å². The average Bonchev–Trinajstić information content (AvgIpc) is 2.46. The molecule has 0 unspecified atom stereocenters. The Morgan fingerprint density at radius 2 is 1.85 bits per heavy atom. The van der Waals surface area contributed by atoms with Crippen molar-refractivity contribution in [3.05, 3.63) is 59.2 Å². The zero-order chi connectivity index (χ0) is 14.4. The molecule has 106 valence electrons. The minimum absolute atomic E-state index is 0.311. The van der Waals surface area contributed by atoms with Crippen LogP contribution in [0, 0.1) is 6.92 Å². The van der Waals surface area contributed by atoms with Gasteiger partial charge in [-0.1, -0.05) is 29.8 Å². The highest BCUT2D eigenvalue weighted by atomic mass is 16.5. The summed E-state index contributed by atoms with van der Waals surface area (Å²) in [5, 5.41) is 12.7. The highest BCUT2D eigenvalue weighted by Crippen LogP contribution is 2.19. The average molecular weight is 271 g/mol. The van der Waals surface area contributed by atoms with E-state index in [1.807, 2.05) is 18.2 Å². The van der Waals surface area contributed by atoms with Crippen LogP contribution < -0.4 is 10.1 Å². The molecule has 0 heterocycles. The van der Waals surface area contributed by atoms with Gasteiger partial charge in [0.25, 0.3) is 0 Å². The monoisotopic (exact) mass is 271 g/mol. The van der Waals surface area contributed by atoms with Crippen molar-refractivity contribution in [3.63, 3.8) is 0 Å². The van der Waals surface area contributed by atoms with Crippen molar-refractivity contribution in [2.75, 3.05) is 13.7 Å². The summed E-state index contributed by atoms with van der Waals surface area (Å²) in [6, 6.07) is 13.5. The first-order chi connectivity index (χ1) is 9.69. The van der Waals surface area contributed by atoms with Gasteiger partial charge < -0.3 is 15.2 Å². The first kappa shape index (κ1) is 14.4. The van der Waals surface area contributed by atoms with Gasteiger partial charge in [-0.3, -0.25) is 0 Å². The lowest BCUT2D eigenvalue weighted by Gasteiger charge is -2.10. The Morgan fingerprint density at radius 3 is 2.55 bits per heavy atom. The molecule has 0 saturated heterocycles. The van der Waals surface area contributed by atoms with Gasteiger partial charge >= 0.3 is 0 Å². The predicted molar refractivity (Wildman–Crippen MR) is 81.2 cm³/mol. The molecule has 0 bridgehead atoms. The Morgan fingerprint density at radius 1 is 1.10 bits per heavy atom. The van der Waals surface area contributed by atoms with E-state index in [9.17, 15) is 5.11 Å². The number of benzene rings is 2. The summed E-state index contributed by atoms with van der Waals surface area (Å²) in [7, 11) is 1.70. The molecular formula is C17H21NO2. The Labute approximate surface area is 120 Å². The maximum Gasteiger partial charge on any atom is 0.123 e. The first-order valence-electron chi connectivity index (χ1n) is 6.81.